The van der Waals surface area contributed by atoms with Gasteiger partial charge in [0.1, 0.15) is 10.6 Å². The number of hydrogen-bond acceptors (Lipinski definition) is 6. The molecule has 29 heavy (non-hydrogen) atoms. The average molecular weight is 409 g/mol. The van der Waals surface area contributed by atoms with E-state index in [1.807, 2.05) is 23.6 Å². The Bertz CT molecular complexity index is 987. The van der Waals surface area contributed by atoms with E-state index in [2.05, 4.69) is 22.9 Å². The first kappa shape index (κ1) is 18.9. The van der Waals surface area contributed by atoms with Gasteiger partial charge >= 0.3 is 0 Å². The molecule has 0 N–H and O–H groups in total. The molecule has 0 bridgehead atoms. The minimum atomic E-state index is 0.574. The SMILES string of the molecule is CCOCC1CCCN(c2nc(-c3cccnc3)nc3sc4c(c23)CCCC4)C1. The van der Waals surface area contributed by atoms with Gasteiger partial charge in [-0.05, 0) is 69.1 Å². The zero-order chi connectivity index (χ0) is 19.6. The summed E-state index contributed by atoms with van der Waals surface area (Å²) in [7, 11) is 0. The molecule has 152 valence electrons. The molecule has 0 spiro atoms. The van der Waals surface area contributed by atoms with Crippen LogP contribution in [-0.2, 0) is 17.6 Å². The Morgan fingerprint density at radius 3 is 3.00 bits per heavy atom. The minimum Gasteiger partial charge on any atom is -0.381 e. The summed E-state index contributed by atoms with van der Waals surface area (Å²) in [5.41, 5.74) is 2.50. The minimum absolute atomic E-state index is 0.574. The van der Waals surface area contributed by atoms with Crippen molar-refractivity contribution in [3.8, 4) is 11.4 Å². The van der Waals surface area contributed by atoms with Gasteiger partial charge in [-0.25, -0.2) is 9.97 Å². The molecule has 0 amide bonds. The first-order valence-electron chi connectivity index (χ1n) is 10.9. The van der Waals surface area contributed by atoms with Gasteiger partial charge in [0.05, 0.1) is 12.0 Å². The van der Waals surface area contributed by atoms with Gasteiger partial charge < -0.3 is 9.64 Å². The first-order valence-corrected chi connectivity index (χ1v) is 11.7. The fraction of sp³-hybridized carbons (Fsp3) is 0.522. The summed E-state index contributed by atoms with van der Waals surface area (Å²) in [6.45, 7) is 5.79. The van der Waals surface area contributed by atoms with Crippen molar-refractivity contribution in [2.45, 2.75) is 45.4 Å². The zero-order valence-electron chi connectivity index (χ0n) is 17.1. The monoisotopic (exact) mass is 408 g/mol. The lowest BCUT2D eigenvalue weighted by Gasteiger charge is -2.34. The van der Waals surface area contributed by atoms with Crippen LogP contribution >= 0.6 is 11.3 Å². The maximum absolute atomic E-state index is 5.75. The first-order chi connectivity index (χ1) is 14.3. The van der Waals surface area contributed by atoms with Gasteiger partial charge in [-0.2, -0.15) is 0 Å². The number of piperidine rings is 1. The fourth-order valence-electron chi connectivity index (χ4n) is 4.67. The van der Waals surface area contributed by atoms with Crippen LogP contribution in [-0.4, -0.2) is 41.3 Å². The van der Waals surface area contributed by atoms with Crippen LogP contribution in [0.1, 0.15) is 43.0 Å². The Hall–Kier alpha value is -2.05. The van der Waals surface area contributed by atoms with E-state index in [1.165, 1.54) is 47.9 Å². The van der Waals surface area contributed by atoms with Gasteiger partial charge in [0.2, 0.25) is 0 Å². The van der Waals surface area contributed by atoms with Gasteiger partial charge in [-0.1, -0.05) is 0 Å². The van der Waals surface area contributed by atoms with Crippen LogP contribution in [0.25, 0.3) is 21.6 Å². The second-order valence-corrected chi connectivity index (χ2v) is 9.20. The predicted molar refractivity (Wildman–Crippen MR) is 119 cm³/mol. The van der Waals surface area contributed by atoms with Crippen LogP contribution in [0.15, 0.2) is 24.5 Å². The molecule has 1 fully saturated rings. The number of aromatic nitrogens is 3. The number of pyridine rings is 1. The van der Waals surface area contributed by atoms with E-state index in [-0.39, 0.29) is 0 Å². The summed E-state index contributed by atoms with van der Waals surface area (Å²) in [5.74, 6) is 2.51. The Kier molecular flexibility index (Phi) is 5.46. The van der Waals surface area contributed by atoms with Gasteiger partial charge in [-0.15, -0.1) is 11.3 Å². The number of fused-ring (bicyclic) bond motifs is 3. The highest BCUT2D eigenvalue weighted by Crippen LogP contribution is 2.41. The zero-order valence-corrected chi connectivity index (χ0v) is 17.9. The van der Waals surface area contributed by atoms with E-state index in [0.717, 1.165) is 54.8 Å². The normalized spacial score (nSPS) is 19.5. The van der Waals surface area contributed by atoms with Gasteiger partial charge in [0, 0.05) is 42.5 Å². The maximum Gasteiger partial charge on any atom is 0.164 e. The van der Waals surface area contributed by atoms with Crippen LogP contribution in [0.3, 0.4) is 0 Å². The fourth-order valence-corrected chi connectivity index (χ4v) is 5.92. The standard InChI is InChI=1S/C23H28N4OS/c1-2-28-15-16-7-6-12-27(14-16)22-20-18-9-3-4-10-19(18)29-23(20)26-21(25-22)17-8-5-11-24-13-17/h5,8,11,13,16H,2-4,6-7,9-10,12,14-15H2,1H3. The molecule has 4 heterocycles. The van der Waals surface area contributed by atoms with E-state index in [9.17, 15) is 0 Å². The van der Waals surface area contributed by atoms with E-state index in [0.29, 0.717) is 5.92 Å². The lowest BCUT2D eigenvalue weighted by atomic mass is 9.95. The van der Waals surface area contributed by atoms with Crippen molar-refractivity contribution in [2.75, 3.05) is 31.2 Å². The quantitative estimate of drug-likeness (QED) is 0.602. The van der Waals surface area contributed by atoms with Gasteiger partial charge in [0.15, 0.2) is 5.82 Å². The molecule has 1 aliphatic carbocycles. The number of rotatable bonds is 5. The molecule has 6 heteroatoms. The molecule has 0 radical (unpaired) electrons. The van der Waals surface area contributed by atoms with Gasteiger partial charge in [0.25, 0.3) is 0 Å². The van der Waals surface area contributed by atoms with Crippen molar-refractivity contribution in [1.29, 1.82) is 0 Å². The third kappa shape index (κ3) is 3.76. The second-order valence-electron chi connectivity index (χ2n) is 8.12. The predicted octanol–water partition coefficient (Wildman–Crippen LogP) is 4.89. The Morgan fingerprint density at radius 2 is 2.14 bits per heavy atom. The highest BCUT2D eigenvalue weighted by molar-refractivity contribution is 7.19. The Labute approximate surface area is 176 Å². The summed E-state index contributed by atoms with van der Waals surface area (Å²) in [4.78, 5) is 19.6. The molecule has 3 aromatic rings. The molecule has 3 aromatic heterocycles. The van der Waals surface area contributed by atoms with Crippen molar-refractivity contribution in [3.63, 3.8) is 0 Å². The molecule has 0 aromatic carbocycles. The molecule has 1 unspecified atom stereocenters. The second kappa shape index (κ2) is 8.36. The van der Waals surface area contributed by atoms with E-state index in [4.69, 9.17) is 14.7 Å². The van der Waals surface area contributed by atoms with Crippen molar-refractivity contribution in [2.24, 2.45) is 5.92 Å². The van der Waals surface area contributed by atoms with Crippen molar-refractivity contribution < 1.29 is 4.74 Å². The number of thiophene rings is 1. The largest absolute Gasteiger partial charge is 0.381 e. The summed E-state index contributed by atoms with van der Waals surface area (Å²) >= 11 is 1.88. The highest BCUT2D eigenvalue weighted by Gasteiger charge is 2.27. The lowest BCUT2D eigenvalue weighted by Crippen LogP contribution is -2.38. The topological polar surface area (TPSA) is 51.1 Å². The molecule has 1 saturated heterocycles. The van der Waals surface area contributed by atoms with Crippen LogP contribution in [0, 0.1) is 5.92 Å². The maximum atomic E-state index is 5.75. The van der Waals surface area contributed by atoms with E-state index in [1.54, 1.807) is 6.20 Å². The molecule has 5 rings (SSSR count). The number of hydrogen-bond donors (Lipinski definition) is 0. The van der Waals surface area contributed by atoms with Crippen LogP contribution in [0.4, 0.5) is 5.82 Å². The summed E-state index contributed by atoms with van der Waals surface area (Å²) in [6, 6.07) is 4.01. The summed E-state index contributed by atoms with van der Waals surface area (Å²) in [6.07, 6.45) is 11.0. The molecule has 1 aliphatic heterocycles. The number of ether oxygens (including phenoxy) is 1. The van der Waals surface area contributed by atoms with Crippen molar-refractivity contribution >= 4 is 27.4 Å². The molecule has 2 aliphatic rings. The van der Waals surface area contributed by atoms with Crippen LogP contribution in [0.5, 0.6) is 0 Å². The van der Waals surface area contributed by atoms with Crippen molar-refractivity contribution in [3.05, 3.63) is 35.0 Å². The van der Waals surface area contributed by atoms with E-state index < -0.39 is 0 Å². The lowest BCUT2D eigenvalue weighted by molar-refractivity contribution is 0.104. The summed E-state index contributed by atoms with van der Waals surface area (Å²) < 4.78 is 5.75. The van der Waals surface area contributed by atoms with Crippen LogP contribution < -0.4 is 4.90 Å². The molecule has 5 nitrogen and oxygen atoms in total. The van der Waals surface area contributed by atoms with Crippen molar-refractivity contribution in [1.82, 2.24) is 15.0 Å². The molecule has 1 atom stereocenters. The smallest absolute Gasteiger partial charge is 0.164 e. The summed E-state index contributed by atoms with van der Waals surface area (Å²) in [5, 5.41) is 1.31. The van der Waals surface area contributed by atoms with Crippen LogP contribution in [0.2, 0.25) is 0 Å². The Balaban J connectivity index is 1.60. The average Bonchev–Trinajstić information content (AvgIpc) is 3.16. The van der Waals surface area contributed by atoms with Gasteiger partial charge in [-0.3, -0.25) is 4.98 Å². The Morgan fingerprint density at radius 1 is 1.21 bits per heavy atom. The number of aryl methyl sites for hydroxylation is 2. The third-order valence-corrected chi connectivity index (χ3v) is 7.28. The highest BCUT2D eigenvalue weighted by atomic mass is 32.1. The molecular weight excluding hydrogens is 380 g/mol. The molecule has 0 saturated carbocycles. The number of anilines is 1. The van der Waals surface area contributed by atoms with E-state index >= 15 is 0 Å². The number of nitrogens with zero attached hydrogens (tertiary/aromatic N) is 4. The third-order valence-electron chi connectivity index (χ3n) is 6.09. The molecular formula is C23H28N4OS.